The van der Waals surface area contributed by atoms with E-state index in [4.69, 9.17) is 18.9 Å². The van der Waals surface area contributed by atoms with Crippen LogP contribution in [0.2, 0.25) is 0 Å². The molecule has 0 spiro atoms. The van der Waals surface area contributed by atoms with Crippen LogP contribution in [0.3, 0.4) is 0 Å². The first-order chi connectivity index (χ1) is 32.9. The summed E-state index contributed by atoms with van der Waals surface area (Å²) in [4.78, 5) is 13.4. The van der Waals surface area contributed by atoms with Crippen molar-refractivity contribution >= 4 is 5.91 Å². The number of carbonyl (C=O) groups is 1. The number of rotatable bonds is 42. The number of carbonyl (C=O) groups excluding carboxylic acids is 1. The highest BCUT2D eigenvalue weighted by atomic mass is 16.8. The summed E-state index contributed by atoms with van der Waals surface area (Å²) in [5.74, 6) is -0.780. The minimum Gasteiger partial charge on any atom is -0.394 e. The molecule has 2 rings (SSSR count). The summed E-state index contributed by atoms with van der Waals surface area (Å²) in [6.07, 6.45) is 16.1. The second-order valence-corrected chi connectivity index (χ2v) is 19.6. The van der Waals surface area contributed by atoms with Crippen molar-refractivity contribution in [1.82, 2.24) is 5.32 Å². The van der Waals surface area contributed by atoms with Gasteiger partial charge in [0.05, 0.1) is 32.0 Å². The Morgan fingerprint density at radius 2 is 0.941 bits per heavy atom. The van der Waals surface area contributed by atoms with Crippen LogP contribution in [-0.4, -0.2) is 163 Å². The molecule has 2 aliphatic rings. The van der Waals surface area contributed by atoms with Gasteiger partial charge >= 0.3 is 0 Å². The van der Waals surface area contributed by atoms with Gasteiger partial charge in [0.1, 0.15) is 61.0 Å². The van der Waals surface area contributed by atoms with Gasteiger partial charge in [-0.2, -0.15) is 0 Å². The molecule has 16 heteroatoms. The second kappa shape index (κ2) is 39.2. The molecule has 0 bridgehead atoms. The highest BCUT2D eigenvalue weighted by molar-refractivity contribution is 5.80. The fourth-order valence-electron chi connectivity index (χ4n) is 9.08. The fourth-order valence-corrected chi connectivity index (χ4v) is 9.08. The Bertz CT molecular complexity index is 1230. The van der Waals surface area contributed by atoms with E-state index < -0.39 is 111 Å². The molecule has 68 heavy (non-hydrogen) atoms. The lowest BCUT2D eigenvalue weighted by Gasteiger charge is -2.46. The highest BCUT2D eigenvalue weighted by Crippen LogP contribution is 2.30. The minimum atomic E-state index is -1.88. The van der Waals surface area contributed by atoms with Gasteiger partial charge in [0, 0.05) is 0 Å². The first kappa shape index (κ1) is 62.8. The van der Waals surface area contributed by atoms with Crippen LogP contribution < -0.4 is 5.32 Å². The van der Waals surface area contributed by atoms with Crippen molar-refractivity contribution in [3.05, 3.63) is 12.2 Å². The molecule has 2 saturated heterocycles. The molecular weight excluding hydrogens is 879 g/mol. The SMILES string of the molecule is CCCCCC/C=C/CCCCCC[C@@H](O)[C@@H](O)[C@H](CO[C@@H]1O[C@H](CO)[C@@H](O)[C@H](O)[C@H]1O[C@@H]1O[C@H](CO)[C@@H](O)[C@H](O)[C@H]1O)NC(=O)[C@@H](O)CCCCCCCCCCCCCCCCCCCC. The smallest absolute Gasteiger partial charge is 0.249 e. The summed E-state index contributed by atoms with van der Waals surface area (Å²) in [7, 11) is 0. The Balaban J connectivity index is 1.94. The van der Waals surface area contributed by atoms with Crippen molar-refractivity contribution in [2.45, 2.75) is 292 Å². The van der Waals surface area contributed by atoms with Crippen LogP contribution in [0.4, 0.5) is 0 Å². The van der Waals surface area contributed by atoms with Crippen molar-refractivity contribution in [2.24, 2.45) is 0 Å². The topological polar surface area (TPSA) is 268 Å². The van der Waals surface area contributed by atoms with Gasteiger partial charge in [-0.15, -0.1) is 0 Å². The van der Waals surface area contributed by atoms with Crippen LogP contribution in [0.25, 0.3) is 0 Å². The number of hydrogen-bond acceptors (Lipinski definition) is 15. The zero-order valence-electron chi connectivity index (χ0n) is 42.1. The molecule has 16 nitrogen and oxygen atoms in total. The van der Waals surface area contributed by atoms with E-state index in [1.807, 2.05) is 0 Å². The average Bonchev–Trinajstić information content (AvgIpc) is 3.34. The lowest BCUT2D eigenvalue weighted by atomic mass is 9.97. The molecule has 2 heterocycles. The number of amides is 1. The number of aliphatic hydroxyl groups excluding tert-OH is 10. The molecular formula is C52H99NO15. The number of ether oxygens (including phenoxy) is 4. The molecule has 0 radical (unpaired) electrons. The monoisotopic (exact) mass is 978 g/mol. The fraction of sp³-hybridized carbons (Fsp3) is 0.942. The van der Waals surface area contributed by atoms with Gasteiger partial charge < -0.3 is 75.3 Å². The Kier molecular flexibility index (Phi) is 36.2. The standard InChI is InChI=1S/C52H99NO15/c1-3-5-7-9-11-13-15-17-18-19-20-21-22-24-26-28-30-32-34-40(57)50(64)53-38(43(58)39(56)33-31-29-27-25-23-16-14-12-10-8-6-4-2)37-65-52-49(47(62)45(60)42(36-55)67-52)68-51-48(63)46(61)44(59)41(35-54)66-51/h14,16,38-49,51-52,54-63H,3-13,15,17-37H2,1-2H3,(H,53,64)/b16-14+/t38-,39+,40-,41+,42+,43-,44+,45+,46-,47-,48+,49+,51-,52+/m0/s1. The maximum absolute atomic E-state index is 13.4. The van der Waals surface area contributed by atoms with Gasteiger partial charge in [0.25, 0.3) is 0 Å². The van der Waals surface area contributed by atoms with E-state index in [1.54, 1.807) is 0 Å². The van der Waals surface area contributed by atoms with Gasteiger partial charge in [0.15, 0.2) is 12.6 Å². The van der Waals surface area contributed by atoms with E-state index in [9.17, 15) is 55.9 Å². The molecule has 2 aliphatic heterocycles. The third-order valence-corrected chi connectivity index (χ3v) is 13.7. The van der Waals surface area contributed by atoms with Gasteiger partial charge in [0.2, 0.25) is 5.91 Å². The van der Waals surface area contributed by atoms with Crippen molar-refractivity contribution in [1.29, 1.82) is 0 Å². The highest BCUT2D eigenvalue weighted by Gasteiger charge is 2.51. The van der Waals surface area contributed by atoms with E-state index in [-0.39, 0.29) is 12.8 Å². The van der Waals surface area contributed by atoms with E-state index >= 15 is 0 Å². The van der Waals surface area contributed by atoms with Gasteiger partial charge in [-0.25, -0.2) is 0 Å². The number of allylic oxidation sites excluding steroid dienone is 2. The Morgan fingerprint density at radius 3 is 1.43 bits per heavy atom. The summed E-state index contributed by atoms with van der Waals surface area (Å²) in [6, 6.07) is -1.32. The summed E-state index contributed by atoms with van der Waals surface area (Å²) in [5.41, 5.74) is 0. The van der Waals surface area contributed by atoms with Crippen LogP contribution in [0.5, 0.6) is 0 Å². The second-order valence-electron chi connectivity index (χ2n) is 19.6. The molecule has 2 fully saturated rings. The zero-order chi connectivity index (χ0) is 49.9. The molecule has 0 aromatic heterocycles. The van der Waals surface area contributed by atoms with Crippen molar-refractivity contribution < 1.29 is 74.8 Å². The lowest BCUT2D eigenvalue weighted by molar-refractivity contribution is -0.368. The first-order valence-corrected chi connectivity index (χ1v) is 27.1. The van der Waals surface area contributed by atoms with E-state index in [1.165, 1.54) is 109 Å². The summed E-state index contributed by atoms with van der Waals surface area (Å²) in [5, 5.41) is 109. The van der Waals surface area contributed by atoms with Crippen LogP contribution in [-0.2, 0) is 23.7 Å². The Morgan fingerprint density at radius 1 is 0.529 bits per heavy atom. The largest absolute Gasteiger partial charge is 0.394 e. The normalized spacial score (nSPS) is 27.4. The maximum atomic E-state index is 13.4. The predicted octanol–water partition coefficient (Wildman–Crippen LogP) is 5.49. The van der Waals surface area contributed by atoms with Crippen molar-refractivity contribution in [3.63, 3.8) is 0 Å². The maximum Gasteiger partial charge on any atom is 0.249 e. The molecule has 0 aromatic carbocycles. The number of unbranched alkanes of at least 4 members (excludes halogenated alkanes) is 25. The van der Waals surface area contributed by atoms with Crippen LogP contribution >= 0.6 is 0 Å². The summed E-state index contributed by atoms with van der Waals surface area (Å²) >= 11 is 0. The van der Waals surface area contributed by atoms with Crippen LogP contribution in [0, 0.1) is 0 Å². The Hall–Kier alpha value is -1.35. The Labute approximate surface area is 409 Å². The number of nitrogens with one attached hydrogen (secondary N) is 1. The van der Waals surface area contributed by atoms with E-state index in [0.717, 1.165) is 57.8 Å². The molecule has 1 amide bonds. The van der Waals surface area contributed by atoms with Crippen molar-refractivity contribution in [2.75, 3.05) is 19.8 Å². The molecule has 11 N–H and O–H groups in total. The van der Waals surface area contributed by atoms with Crippen LogP contribution in [0.15, 0.2) is 12.2 Å². The van der Waals surface area contributed by atoms with Gasteiger partial charge in [-0.05, 0) is 38.5 Å². The zero-order valence-corrected chi connectivity index (χ0v) is 42.1. The van der Waals surface area contributed by atoms with Crippen molar-refractivity contribution in [3.8, 4) is 0 Å². The number of aliphatic hydroxyl groups is 10. The molecule has 0 saturated carbocycles. The molecule has 0 unspecified atom stereocenters. The quantitative estimate of drug-likeness (QED) is 0.0267. The molecule has 14 atom stereocenters. The van der Waals surface area contributed by atoms with Gasteiger partial charge in [-0.1, -0.05) is 180 Å². The lowest BCUT2D eigenvalue weighted by Crippen LogP contribution is -2.65. The number of hydrogen-bond donors (Lipinski definition) is 11. The molecule has 402 valence electrons. The third kappa shape index (κ3) is 25.3. The average molecular weight is 978 g/mol. The van der Waals surface area contributed by atoms with E-state index in [0.29, 0.717) is 12.8 Å². The van der Waals surface area contributed by atoms with Crippen LogP contribution in [0.1, 0.15) is 206 Å². The first-order valence-electron chi connectivity index (χ1n) is 27.1. The summed E-state index contributed by atoms with van der Waals surface area (Å²) < 4.78 is 22.9. The minimum absolute atomic E-state index is 0.188. The predicted molar refractivity (Wildman–Crippen MR) is 261 cm³/mol. The van der Waals surface area contributed by atoms with E-state index in [2.05, 4.69) is 31.3 Å². The molecule has 0 aliphatic carbocycles. The summed E-state index contributed by atoms with van der Waals surface area (Å²) in [6.45, 7) is 2.37. The third-order valence-electron chi connectivity index (χ3n) is 13.7. The molecule has 0 aromatic rings. The van der Waals surface area contributed by atoms with Gasteiger partial charge in [-0.3, -0.25) is 4.79 Å².